The minimum Gasteiger partial charge on any atom is -0.481 e. The number of carboxylic acids is 3. The highest BCUT2D eigenvalue weighted by Gasteiger charge is 2.39. The van der Waals surface area contributed by atoms with E-state index in [0.717, 1.165) is 16.5 Å². The van der Waals surface area contributed by atoms with E-state index < -0.39 is 150 Å². The number of alkyl halides is 3. The Morgan fingerprint density at radius 2 is 1.01 bits per heavy atom. The van der Waals surface area contributed by atoms with E-state index >= 15 is 0 Å². The molecule has 10 atom stereocenters. The van der Waals surface area contributed by atoms with Crippen molar-refractivity contribution >= 4 is 105 Å². The number of nitrogens with one attached hydrogen (secondary N) is 11. The summed E-state index contributed by atoms with van der Waals surface area (Å²) in [6.45, 7) is 6.82. The summed E-state index contributed by atoms with van der Waals surface area (Å²) in [5.41, 5.74) is 14.3. The lowest BCUT2D eigenvalue weighted by molar-refractivity contribution is -0.192. The molecule has 10 unspecified atom stereocenters. The number of carboxylic acid groups (broad SMARTS) is 3. The fourth-order valence-electron chi connectivity index (χ4n) is 8.64. The predicted octanol–water partition coefficient (Wildman–Crippen LogP) is -0.486. The number of nitrogens with two attached hydrogens (primary N) is 2. The zero-order chi connectivity index (χ0) is 67.4. The molecule has 3 aromatic heterocycles. The number of H-pyrrole nitrogens is 3. The average Bonchev–Trinajstić information content (AvgIpc) is 2.83. The lowest BCUT2D eigenvalue weighted by atomic mass is 9.97. The number of fused-ring (bicyclic) bond motifs is 1. The molecule has 0 spiro atoms. The van der Waals surface area contributed by atoms with Gasteiger partial charge in [-0.3, -0.25) is 47.9 Å². The van der Waals surface area contributed by atoms with Gasteiger partial charge in [0, 0.05) is 53.7 Å². The summed E-state index contributed by atoms with van der Waals surface area (Å²) in [5.74, 6) is -14.3. The number of hydrogen-bond acceptors (Lipinski definition) is 17. The van der Waals surface area contributed by atoms with E-state index in [0.29, 0.717) is 23.6 Å². The van der Waals surface area contributed by atoms with E-state index in [2.05, 4.69) is 67.5 Å². The number of carbonyl (C=O) groups is 12. The molecule has 18 N–H and O–H groups in total. The number of amides is 9. The number of nitrogens with zero attached hydrogens (tertiary/aromatic N) is 2. The number of aromatic nitrogens is 5. The quantitative estimate of drug-likeness (QED) is 0.0271. The largest absolute Gasteiger partial charge is 0.490 e. The van der Waals surface area contributed by atoms with Crippen LogP contribution in [-0.2, 0) is 76.8 Å². The summed E-state index contributed by atoms with van der Waals surface area (Å²) in [4.78, 5) is 175. The fraction of sp³-hybridized carbons (Fsp3) is 0.527. The van der Waals surface area contributed by atoms with Gasteiger partial charge in [-0.05, 0) is 73.2 Å². The third kappa shape index (κ3) is 25.8. The van der Waals surface area contributed by atoms with Crippen molar-refractivity contribution in [2.45, 2.75) is 146 Å². The van der Waals surface area contributed by atoms with Crippen molar-refractivity contribution in [3.05, 3.63) is 72.5 Å². The van der Waals surface area contributed by atoms with Crippen molar-refractivity contribution in [2.75, 3.05) is 24.0 Å². The summed E-state index contributed by atoms with van der Waals surface area (Å²) in [6.07, 6.45) is 3.83. The number of imidazole rings is 2. The number of primary amides is 1. The van der Waals surface area contributed by atoms with Gasteiger partial charge in [0.1, 0.15) is 48.3 Å². The number of aromatic amines is 3. The summed E-state index contributed by atoms with van der Waals surface area (Å²) >= 11 is 2.67. The van der Waals surface area contributed by atoms with Crippen LogP contribution in [0.1, 0.15) is 83.2 Å². The second-order valence-electron chi connectivity index (χ2n) is 21.1. The molecule has 0 aliphatic carbocycles. The van der Waals surface area contributed by atoms with Crippen molar-refractivity contribution in [1.29, 1.82) is 0 Å². The van der Waals surface area contributed by atoms with Gasteiger partial charge in [-0.2, -0.15) is 36.7 Å². The Morgan fingerprint density at radius 1 is 0.589 bits per heavy atom. The standard InChI is InChI=1S/C53H77N15O13S2.C2HF3O2/c1-7-28(4)44(53(80)81)68-52(79)37(16-27(2)3)63-51(78)41(21-43(70)71)67-47(74)36(13-15-83-6)62-50(77)40(20-42(55)69)66-49(76)39(19-31-24-57-26-60-31)65-48(75)38(18-30-23-56-25-59-30)64-46(73)35(12-14-82-5)61-45(72)33(54)17-29-22-58-34-11-9-8-10-32(29)34;3-2(4,5)1(6)7/h8-11,22-28,33,35-41,44,58H,7,12-21,54H2,1-6H3,(H2,55,69)(H,56,59)(H,57,60)(H,61,72)(H,62,77)(H,63,78)(H,64,73)(H,65,75)(H,66,76)(H,67,74)(H,68,79)(H,70,71)(H,80,81);(H,6,7). The SMILES string of the molecule is CCC(C)C(NC(=O)C(CC(C)C)NC(=O)C(CC(=O)O)NC(=O)C(CCSC)NC(=O)C(CC(N)=O)NC(=O)C(Cc1cnc[nH]1)NC(=O)C(Cc1cnc[nH]1)NC(=O)C(CCSC)NC(=O)C(N)Cc1c[nH]c2ccccc12)C(=O)O.O=C(O)C(F)(F)F. The van der Waals surface area contributed by atoms with Crippen LogP contribution in [0.2, 0.25) is 0 Å². The Hall–Kier alpha value is -8.73. The van der Waals surface area contributed by atoms with Crippen LogP contribution in [-0.4, -0.2) is 196 Å². The van der Waals surface area contributed by atoms with E-state index in [1.807, 2.05) is 30.5 Å². The first-order valence-corrected chi connectivity index (χ1v) is 30.9. The van der Waals surface area contributed by atoms with Gasteiger partial charge in [0.05, 0.1) is 31.5 Å². The molecule has 9 amide bonds. The summed E-state index contributed by atoms with van der Waals surface area (Å²) in [6, 6.07) is -5.60. The first-order chi connectivity index (χ1) is 42.4. The molecule has 4 rings (SSSR count). The van der Waals surface area contributed by atoms with Crippen LogP contribution < -0.4 is 54.0 Å². The van der Waals surface area contributed by atoms with Gasteiger partial charge >= 0.3 is 24.1 Å². The van der Waals surface area contributed by atoms with Gasteiger partial charge in [0.15, 0.2) is 0 Å². The Labute approximate surface area is 522 Å². The molecule has 4 aromatic rings. The molecule has 496 valence electrons. The molecule has 0 radical (unpaired) electrons. The number of aliphatic carboxylic acids is 3. The second-order valence-corrected chi connectivity index (χ2v) is 23.1. The molecular formula is C55H78F3N15O15S2. The van der Waals surface area contributed by atoms with Crippen molar-refractivity contribution in [3.8, 4) is 0 Å². The molecular weight excluding hydrogens is 1230 g/mol. The highest BCUT2D eigenvalue weighted by molar-refractivity contribution is 7.98. The van der Waals surface area contributed by atoms with E-state index in [1.165, 1.54) is 48.6 Å². The van der Waals surface area contributed by atoms with Crippen LogP contribution in [0.3, 0.4) is 0 Å². The van der Waals surface area contributed by atoms with Crippen LogP contribution in [0.4, 0.5) is 13.2 Å². The zero-order valence-electron chi connectivity index (χ0n) is 50.1. The van der Waals surface area contributed by atoms with Crippen LogP contribution in [0.5, 0.6) is 0 Å². The lowest BCUT2D eigenvalue weighted by Crippen LogP contribution is -2.61. The Balaban J connectivity index is 0.00000284. The topological polar surface area (TPSA) is 487 Å². The molecule has 0 aliphatic heterocycles. The molecule has 3 heterocycles. The minimum absolute atomic E-state index is 0.00340. The molecule has 35 heteroatoms. The van der Waals surface area contributed by atoms with Crippen LogP contribution in [0.25, 0.3) is 10.9 Å². The van der Waals surface area contributed by atoms with Gasteiger partial charge in [0.25, 0.3) is 0 Å². The number of benzene rings is 1. The number of thioether (sulfide) groups is 2. The van der Waals surface area contributed by atoms with Crippen LogP contribution in [0.15, 0.2) is 55.5 Å². The predicted molar refractivity (Wildman–Crippen MR) is 322 cm³/mol. The molecule has 90 heavy (non-hydrogen) atoms. The van der Waals surface area contributed by atoms with Crippen molar-refractivity contribution < 1.29 is 86.0 Å². The van der Waals surface area contributed by atoms with Gasteiger partial charge in [0.2, 0.25) is 53.2 Å². The molecule has 1 aromatic carbocycles. The number of hydrogen-bond donors (Lipinski definition) is 16. The zero-order valence-corrected chi connectivity index (χ0v) is 51.7. The monoisotopic (exact) mass is 1310 g/mol. The smallest absolute Gasteiger partial charge is 0.481 e. The number of carbonyl (C=O) groups excluding carboxylic acids is 9. The molecule has 0 saturated carbocycles. The first-order valence-electron chi connectivity index (χ1n) is 28.1. The fourth-order valence-corrected chi connectivity index (χ4v) is 9.58. The lowest BCUT2D eigenvalue weighted by Gasteiger charge is -2.28. The van der Waals surface area contributed by atoms with E-state index in [1.54, 1.807) is 40.1 Å². The summed E-state index contributed by atoms with van der Waals surface area (Å²) in [5, 5.41) is 47.8. The van der Waals surface area contributed by atoms with Gasteiger partial charge in [-0.15, -0.1) is 0 Å². The summed E-state index contributed by atoms with van der Waals surface area (Å²) in [7, 11) is 0. The molecule has 0 saturated heterocycles. The maximum absolute atomic E-state index is 14.5. The van der Waals surface area contributed by atoms with Gasteiger partial charge in [-0.25, -0.2) is 19.6 Å². The highest BCUT2D eigenvalue weighted by Crippen LogP contribution is 2.20. The van der Waals surface area contributed by atoms with Crippen LogP contribution >= 0.6 is 23.5 Å². The Morgan fingerprint density at radius 3 is 1.43 bits per heavy atom. The van der Waals surface area contributed by atoms with Crippen LogP contribution in [0, 0.1) is 11.8 Å². The van der Waals surface area contributed by atoms with E-state index in [-0.39, 0.29) is 50.2 Å². The van der Waals surface area contributed by atoms with Crippen molar-refractivity contribution in [3.63, 3.8) is 0 Å². The van der Waals surface area contributed by atoms with Gasteiger partial charge < -0.3 is 84.3 Å². The van der Waals surface area contributed by atoms with Gasteiger partial charge in [-0.1, -0.05) is 52.3 Å². The van der Waals surface area contributed by atoms with E-state index in [9.17, 15) is 76.1 Å². The van der Waals surface area contributed by atoms with Crippen molar-refractivity contribution in [1.82, 2.24) is 67.5 Å². The highest BCUT2D eigenvalue weighted by atomic mass is 32.2. The maximum Gasteiger partial charge on any atom is 0.490 e. The minimum atomic E-state index is -5.08. The first kappa shape index (κ1) is 75.5. The second kappa shape index (κ2) is 37.3. The Bertz CT molecular complexity index is 3060. The molecule has 0 fully saturated rings. The third-order valence-electron chi connectivity index (χ3n) is 13.6. The number of rotatable bonds is 37. The average molecular weight is 1310 g/mol. The molecule has 0 aliphatic rings. The Kier molecular flexibility index (Phi) is 31.3. The van der Waals surface area contributed by atoms with E-state index in [4.69, 9.17) is 21.4 Å². The summed E-state index contributed by atoms with van der Waals surface area (Å²) < 4.78 is 31.7. The molecule has 0 bridgehead atoms. The molecule has 30 nitrogen and oxygen atoms in total. The third-order valence-corrected chi connectivity index (χ3v) is 14.9. The number of halogens is 3. The normalized spacial score (nSPS) is 14.6. The van der Waals surface area contributed by atoms with Crippen molar-refractivity contribution in [2.24, 2.45) is 23.3 Å². The number of para-hydroxylation sites is 1. The maximum atomic E-state index is 14.5.